The average Bonchev–Trinajstić information content (AvgIpc) is 2.89. The Kier molecular flexibility index (Phi) is 3.37. The van der Waals surface area contributed by atoms with Crippen LogP contribution in [0.15, 0.2) is 40.3 Å². The first-order valence-corrected chi connectivity index (χ1v) is 7.10. The minimum absolute atomic E-state index is 0.182. The number of nitrogens with one attached hydrogen (secondary N) is 1. The van der Waals surface area contributed by atoms with Gasteiger partial charge in [0.05, 0.1) is 16.4 Å². The molecular weight excluding hydrogens is 298 g/mol. The van der Waals surface area contributed by atoms with Gasteiger partial charge in [0, 0.05) is 16.7 Å². The molecule has 3 aromatic rings. The number of aromatic amines is 1. The van der Waals surface area contributed by atoms with E-state index >= 15 is 0 Å². The molecule has 0 saturated carbocycles. The van der Waals surface area contributed by atoms with Crippen molar-refractivity contribution in [3.63, 3.8) is 0 Å². The maximum absolute atomic E-state index is 11.8. The summed E-state index contributed by atoms with van der Waals surface area (Å²) in [5.41, 5.74) is 6.69. The van der Waals surface area contributed by atoms with E-state index in [2.05, 4.69) is 15.1 Å². The number of hydrogen-bond acceptors (Lipinski definition) is 5. The predicted octanol–water partition coefficient (Wildman–Crippen LogP) is 1.95. The fourth-order valence-corrected chi connectivity index (χ4v) is 2.77. The van der Waals surface area contributed by atoms with Crippen LogP contribution >= 0.6 is 23.4 Å². The zero-order chi connectivity index (χ0) is 14.1. The molecule has 0 bridgehead atoms. The molecule has 1 aromatic carbocycles. The number of anilines is 1. The molecule has 6 nitrogen and oxygen atoms in total. The Bertz CT molecular complexity index is 828. The third kappa shape index (κ3) is 2.50. The second kappa shape index (κ2) is 5.18. The van der Waals surface area contributed by atoms with Crippen LogP contribution in [0.5, 0.6) is 0 Å². The van der Waals surface area contributed by atoms with Crippen molar-refractivity contribution in [3.05, 3.63) is 51.7 Å². The lowest BCUT2D eigenvalue weighted by Gasteiger charge is -2.03. The molecule has 0 spiro atoms. The summed E-state index contributed by atoms with van der Waals surface area (Å²) in [4.78, 5) is 21.0. The predicted molar refractivity (Wildman–Crippen MR) is 79.0 cm³/mol. The van der Waals surface area contributed by atoms with Crippen molar-refractivity contribution >= 4 is 34.8 Å². The number of hydrogen-bond donors (Lipinski definition) is 2. The molecule has 102 valence electrons. The number of fused-ring (bicyclic) bond motifs is 1. The van der Waals surface area contributed by atoms with Crippen molar-refractivity contribution in [2.24, 2.45) is 0 Å². The molecule has 8 heteroatoms. The first-order valence-electron chi connectivity index (χ1n) is 5.73. The van der Waals surface area contributed by atoms with Crippen LogP contribution < -0.4 is 11.3 Å². The number of aromatic nitrogens is 4. The van der Waals surface area contributed by atoms with E-state index in [1.165, 1.54) is 28.7 Å². The zero-order valence-corrected chi connectivity index (χ0v) is 11.8. The molecule has 2 aromatic heterocycles. The number of nitrogens with zero attached hydrogens (tertiary/aromatic N) is 3. The van der Waals surface area contributed by atoms with Crippen LogP contribution in [0.3, 0.4) is 0 Å². The minimum Gasteiger partial charge on any atom is -0.398 e. The number of nitrogens with two attached hydrogens (primary N) is 1. The lowest BCUT2D eigenvalue weighted by Crippen LogP contribution is -2.15. The Hall–Kier alpha value is -1.99. The normalized spacial score (nSPS) is 11.1. The van der Waals surface area contributed by atoms with Crippen molar-refractivity contribution in [1.82, 2.24) is 19.6 Å². The van der Waals surface area contributed by atoms with E-state index in [4.69, 9.17) is 17.3 Å². The topological polar surface area (TPSA) is 89.1 Å². The van der Waals surface area contributed by atoms with Gasteiger partial charge in [-0.05, 0) is 18.2 Å². The van der Waals surface area contributed by atoms with E-state index in [0.29, 0.717) is 27.9 Å². The Morgan fingerprint density at radius 3 is 3.05 bits per heavy atom. The van der Waals surface area contributed by atoms with E-state index in [1.807, 2.05) is 6.07 Å². The van der Waals surface area contributed by atoms with Gasteiger partial charge in [-0.2, -0.15) is 4.52 Å². The van der Waals surface area contributed by atoms with Gasteiger partial charge in [0.2, 0.25) is 0 Å². The van der Waals surface area contributed by atoms with Crippen molar-refractivity contribution < 1.29 is 0 Å². The highest BCUT2D eigenvalue weighted by Gasteiger charge is 2.05. The Labute approximate surface area is 123 Å². The molecule has 0 amide bonds. The quantitative estimate of drug-likeness (QED) is 0.570. The van der Waals surface area contributed by atoms with Crippen molar-refractivity contribution in [2.45, 2.75) is 10.6 Å². The van der Waals surface area contributed by atoms with Gasteiger partial charge in [-0.1, -0.05) is 11.6 Å². The summed E-state index contributed by atoms with van der Waals surface area (Å²) in [6.45, 7) is 0. The molecule has 3 rings (SSSR count). The van der Waals surface area contributed by atoms with Gasteiger partial charge in [0.1, 0.15) is 6.33 Å². The summed E-state index contributed by atoms with van der Waals surface area (Å²) in [6.07, 6.45) is 1.43. The summed E-state index contributed by atoms with van der Waals surface area (Å²) in [7, 11) is 0. The van der Waals surface area contributed by atoms with Gasteiger partial charge in [0.15, 0.2) is 0 Å². The SMILES string of the molecule is Nc1ccc(SCc2cc(=O)n3[nH]cnc3n2)cc1Cl. The molecule has 3 N–H and O–H groups in total. The molecule has 20 heavy (non-hydrogen) atoms. The van der Waals surface area contributed by atoms with Gasteiger partial charge in [-0.25, -0.2) is 9.97 Å². The minimum atomic E-state index is -0.182. The third-order valence-corrected chi connectivity index (χ3v) is 4.03. The first kappa shape index (κ1) is 13.0. The van der Waals surface area contributed by atoms with Crippen LogP contribution in [0.4, 0.5) is 5.69 Å². The van der Waals surface area contributed by atoms with E-state index in [9.17, 15) is 4.79 Å². The molecule has 0 aliphatic heterocycles. The molecular formula is C12H10ClN5OS. The fourth-order valence-electron chi connectivity index (χ4n) is 1.70. The standard InChI is InChI=1S/C12H10ClN5OS/c13-9-4-8(1-2-10(9)14)20-5-7-3-11(19)18-12(17-7)15-6-16-18/h1-4,6H,5,14H2,(H,15,16,17). The molecule has 2 heterocycles. The Balaban J connectivity index is 1.82. The van der Waals surface area contributed by atoms with Gasteiger partial charge in [0.25, 0.3) is 11.3 Å². The monoisotopic (exact) mass is 307 g/mol. The Morgan fingerprint density at radius 2 is 2.25 bits per heavy atom. The van der Waals surface area contributed by atoms with Gasteiger partial charge < -0.3 is 5.73 Å². The highest BCUT2D eigenvalue weighted by molar-refractivity contribution is 7.98. The molecule has 0 saturated heterocycles. The maximum Gasteiger partial charge on any atom is 0.274 e. The number of nitrogen functional groups attached to an aromatic ring is 1. The van der Waals surface area contributed by atoms with Crippen molar-refractivity contribution in [2.75, 3.05) is 5.73 Å². The summed E-state index contributed by atoms with van der Waals surface area (Å²) >= 11 is 7.49. The number of benzene rings is 1. The van der Waals surface area contributed by atoms with Crippen LogP contribution in [-0.2, 0) is 5.75 Å². The molecule has 0 fully saturated rings. The molecule has 0 aliphatic carbocycles. The average molecular weight is 308 g/mol. The second-order valence-corrected chi connectivity index (χ2v) is 5.54. The number of thioether (sulfide) groups is 1. The Morgan fingerprint density at radius 1 is 1.40 bits per heavy atom. The van der Waals surface area contributed by atoms with E-state index in [-0.39, 0.29) is 5.56 Å². The zero-order valence-electron chi connectivity index (χ0n) is 10.2. The lowest BCUT2D eigenvalue weighted by atomic mass is 10.3. The summed E-state index contributed by atoms with van der Waals surface area (Å²) in [6, 6.07) is 6.91. The third-order valence-electron chi connectivity index (χ3n) is 2.68. The van der Waals surface area contributed by atoms with Crippen LogP contribution in [-0.4, -0.2) is 19.6 Å². The van der Waals surface area contributed by atoms with Gasteiger partial charge in [-0.15, -0.1) is 11.8 Å². The highest BCUT2D eigenvalue weighted by atomic mass is 35.5. The first-order chi connectivity index (χ1) is 9.63. The fraction of sp³-hybridized carbons (Fsp3) is 0.0833. The second-order valence-electron chi connectivity index (χ2n) is 4.08. The van der Waals surface area contributed by atoms with Crippen LogP contribution in [0, 0.1) is 0 Å². The highest BCUT2D eigenvalue weighted by Crippen LogP contribution is 2.27. The van der Waals surface area contributed by atoms with Gasteiger partial charge >= 0.3 is 0 Å². The van der Waals surface area contributed by atoms with E-state index in [1.54, 1.807) is 12.1 Å². The summed E-state index contributed by atoms with van der Waals surface area (Å²) < 4.78 is 1.29. The summed E-state index contributed by atoms with van der Waals surface area (Å²) in [5, 5.41) is 3.21. The largest absolute Gasteiger partial charge is 0.398 e. The van der Waals surface area contributed by atoms with Crippen molar-refractivity contribution in [1.29, 1.82) is 0 Å². The lowest BCUT2D eigenvalue weighted by molar-refractivity contribution is 0.887. The van der Waals surface area contributed by atoms with Gasteiger partial charge in [-0.3, -0.25) is 9.89 Å². The van der Waals surface area contributed by atoms with E-state index in [0.717, 1.165) is 4.90 Å². The molecule has 0 radical (unpaired) electrons. The van der Waals surface area contributed by atoms with Crippen LogP contribution in [0.25, 0.3) is 5.78 Å². The number of rotatable bonds is 3. The number of halogens is 1. The number of H-pyrrole nitrogens is 1. The molecule has 0 aliphatic rings. The van der Waals surface area contributed by atoms with Crippen LogP contribution in [0.1, 0.15) is 5.69 Å². The maximum atomic E-state index is 11.8. The molecule has 0 atom stereocenters. The molecule has 0 unspecified atom stereocenters. The van der Waals surface area contributed by atoms with E-state index < -0.39 is 0 Å². The summed E-state index contributed by atoms with van der Waals surface area (Å²) in [5.74, 6) is 0.919. The smallest absolute Gasteiger partial charge is 0.274 e. The van der Waals surface area contributed by atoms with Crippen LogP contribution in [0.2, 0.25) is 5.02 Å². The van der Waals surface area contributed by atoms with Crippen molar-refractivity contribution in [3.8, 4) is 0 Å².